The largest absolute Gasteiger partial charge is 0.310 e. The highest BCUT2D eigenvalue weighted by atomic mass is 15.4. The molecule has 0 bridgehead atoms. The minimum Gasteiger partial charge on any atom is -0.310 e. The molecule has 0 amide bonds. The third kappa shape index (κ3) is 2.14. The van der Waals surface area contributed by atoms with Crippen molar-refractivity contribution in [2.45, 2.75) is 13.3 Å². The van der Waals surface area contributed by atoms with E-state index in [0.717, 1.165) is 30.0 Å². The number of rotatable bonds is 2. The van der Waals surface area contributed by atoms with Crippen LogP contribution in [0.1, 0.15) is 11.3 Å². The highest BCUT2D eigenvalue weighted by molar-refractivity contribution is 5.67. The smallest absolute Gasteiger partial charge is 0.271 e. The van der Waals surface area contributed by atoms with Crippen LogP contribution in [-0.2, 0) is 6.42 Å². The molecule has 0 saturated heterocycles. The predicted octanol–water partition coefficient (Wildman–Crippen LogP) is 1.98. The molecule has 25 heavy (non-hydrogen) atoms. The lowest BCUT2D eigenvalue weighted by molar-refractivity contribution is 0.848. The molecule has 4 aromatic rings. The Hall–Kier alpha value is -3.42. The summed E-state index contributed by atoms with van der Waals surface area (Å²) in [6.45, 7) is 2.80. The summed E-state index contributed by atoms with van der Waals surface area (Å²) in [5.41, 5.74) is 4.71. The molecular weight excluding hydrogens is 316 g/mol. The van der Waals surface area contributed by atoms with E-state index >= 15 is 0 Å². The molecule has 0 spiro atoms. The van der Waals surface area contributed by atoms with Crippen LogP contribution in [0.25, 0.3) is 17.2 Å². The fraction of sp³-hybridized carbons (Fsp3) is 0.176. The zero-order chi connectivity index (χ0) is 16.8. The lowest BCUT2D eigenvalue weighted by Gasteiger charge is -2.17. The van der Waals surface area contributed by atoms with Crippen molar-refractivity contribution in [1.82, 2.24) is 34.8 Å². The lowest BCUT2D eigenvalue weighted by Crippen LogP contribution is -2.16. The maximum Gasteiger partial charge on any atom is 0.271 e. The number of fused-ring (bicyclic) bond motifs is 2. The van der Waals surface area contributed by atoms with Gasteiger partial charge in [0.05, 0.1) is 11.4 Å². The standard InChI is InChI=1S/C17H14N8/c1-11-15(22-23-17-19-10-20-25(11)17)13-6-8-18-16(21-13)24-9-7-12-4-2-3-5-14(12)24/h2-6,8,10H,7,9H2,1H3. The normalized spacial score (nSPS) is 13.4. The molecule has 4 heterocycles. The van der Waals surface area contributed by atoms with Crippen LogP contribution in [0.3, 0.4) is 0 Å². The Kier molecular flexibility index (Phi) is 2.96. The highest BCUT2D eigenvalue weighted by Crippen LogP contribution is 2.32. The summed E-state index contributed by atoms with van der Waals surface area (Å²) in [7, 11) is 0. The molecule has 0 unspecified atom stereocenters. The molecule has 0 fully saturated rings. The maximum atomic E-state index is 4.73. The fourth-order valence-electron chi connectivity index (χ4n) is 3.20. The summed E-state index contributed by atoms with van der Waals surface area (Å²) in [6, 6.07) is 10.2. The molecule has 0 atom stereocenters. The first kappa shape index (κ1) is 14.0. The monoisotopic (exact) mass is 330 g/mol. The van der Waals surface area contributed by atoms with Crippen molar-refractivity contribution >= 4 is 17.4 Å². The average Bonchev–Trinajstić information content (AvgIpc) is 3.29. The summed E-state index contributed by atoms with van der Waals surface area (Å²) in [5, 5.41) is 12.6. The number of para-hydroxylation sites is 1. The minimum absolute atomic E-state index is 0.476. The summed E-state index contributed by atoms with van der Waals surface area (Å²) < 4.78 is 1.66. The molecule has 8 nitrogen and oxygen atoms in total. The van der Waals surface area contributed by atoms with Crippen LogP contribution in [0.15, 0.2) is 42.9 Å². The van der Waals surface area contributed by atoms with Crippen LogP contribution in [0.4, 0.5) is 11.6 Å². The van der Waals surface area contributed by atoms with Gasteiger partial charge in [-0.15, -0.1) is 10.2 Å². The van der Waals surface area contributed by atoms with Crippen molar-refractivity contribution < 1.29 is 0 Å². The molecule has 1 aromatic carbocycles. The Balaban J connectivity index is 1.60. The van der Waals surface area contributed by atoms with Crippen LogP contribution >= 0.6 is 0 Å². The van der Waals surface area contributed by atoms with Crippen molar-refractivity contribution in [2.75, 3.05) is 11.4 Å². The number of nitrogens with zero attached hydrogens (tertiary/aromatic N) is 8. The van der Waals surface area contributed by atoms with E-state index in [0.29, 0.717) is 17.4 Å². The van der Waals surface area contributed by atoms with E-state index in [1.807, 2.05) is 19.1 Å². The van der Waals surface area contributed by atoms with Gasteiger partial charge in [-0.1, -0.05) is 18.2 Å². The Morgan fingerprint density at radius 3 is 2.92 bits per heavy atom. The number of aryl methyl sites for hydroxylation is 1. The lowest BCUT2D eigenvalue weighted by atomic mass is 10.2. The maximum absolute atomic E-state index is 4.73. The first-order valence-electron chi connectivity index (χ1n) is 8.03. The third-order valence-corrected chi connectivity index (χ3v) is 4.44. The molecule has 3 aromatic heterocycles. The molecular formula is C17H14N8. The second kappa shape index (κ2) is 5.30. The highest BCUT2D eigenvalue weighted by Gasteiger charge is 2.22. The Labute approximate surface area is 143 Å². The topological polar surface area (TPSA) is 85.0 Å². The minimum atomic E-state index is 0.476. The van der Waals surface area contributed by atoms with Crippen molar-refractivity contribution in [3.8, 4) is 11.4 Å². The van der Waals surface area contributed by atoms with E-state index in [-0.39, 0.29) is 0 Å². The molecule has 0 radical (unpaired) electrons. The Bertz CT molecular complexity index is 1090. The zero-order valence-corrected chi connectivity index (χ0v) is 13.5. The van der Waals surface area contributed by atoms with E-state index in [1.54, 1.807) is 10.7 Å². The second-order valence-electron chi connectivity index (χ2n) is 5.88. The quantitative estimate of drug-likeness (QED) is 0.555. The number of hydrogen-bond acceptors (Lipinski definition) is 7. The van der Waals surface area contributed by atoms with Crippen LogP contribution in [0.2, 0.25) is 0 Å². The number of anilines is 2. The van der Waals surface area contributed by atoms with Gasteiger partial charge in [-0.3, -0.25) is 0 Å². The Morgan fingerprint density at radius 2 is 1.96 bits per heavy atom. The Morgan fingerprint density at radius 1 is 1.04 bits per heavy atom. The average molecular weight is 330 g/mol. The summed E-state index contributed by atoms with van der Waals surface area (Å²) in [5.74, 6) is 1.14. The van der Waals surface area contributed by atoms with Gasteiger partial charge in [0, 0.05) is 18.4 Å². The van der Waals surface area contributed by atoms with E-state index < -0.39 is 0 Å². The molecule has 0 N–H and O–H groups in total. The van der Waals surface area contributed by atoms with Gasteiger partial charge in [-0.25, -0.2) is 9.97 Å². The first-order chi connectivity index (χ1) is 12.3. The van der Waals surface area contributed by atoms with Gasteiger partial charge in [0.1, 0.15) is 12.0 Å². The van der Waals surface area contributed by atoms with Crippen molar-refractivity contribution in [3.05, 3.63) is 54.1 Å². The summed E-state index contributed by atoms with van der Waals surface area (Å²) in [4.78, 5) is 15.4. The van der Waals surface area contributed by atoms with Gasteiger partial charge in [-0.2, -0.15) is 14.6 Å². The van der Waals surface area contributed by atoms with Crippen LogP contribution in [-0.4, -0.2) is 41.3 Å². The van der Waals surface area contributed by atoms with E-state index in [9.17, 15) is 0 Å². The van der Waals surface area contributed by atoms with Gasteiger partial charge >= 0.3 is 0 Å². The molecule has 8 heteroatoms. The number of benzene rings is 1. The molecule has 122 valence electrons. The van der Waals surface area contributed by atoms with Crippen LogP contribution in [0, 0.1) is 6.92 Å². The van der Waals surface area contributed by atoms with Crippen molar-refractivity contribution in [2.24, 2.45) is 0 Å². The van der Waals surface area contributed by atoms with Crippen LogP contribution in [0.5, 0.6) is 0 Å². The second-order valence-corrected chi connectivity index (χ2v) is 5.88. The van der Waals surface area contributed by atoms with Gasteiger partial charge < -0.3 is 4.90 Å². The fourth-order valence-corrected chi connectivity index (χ4v) is 3.20. The predicted molar refractivity (Wildman–Crippen MR) is 91.5 cm³/mol. The molecule has 5 rings (SSSR count). The van der Waals surface area contributed by atoms with E-state index in [2.05, 4.69) is 48.4 Å². The first-order valence-corrected chi connectivity index (χ1v) is 8.03. The molecule has 0 aliphatic carbocycles. The van der Waals surface area contributed by atoms with Crippen molar-refractivity contribution in [3.63, 3.8) is 0 Å². The molecule has 1 aliphatic rings. The van der Waals surface area contributed by atoms with E-state index in [1.165, 1.54) is 11.9 Å². The van der Waals surface area contributed by atoms with Gasteiger partial charge in [0.15, 0.2) is 0 Å². The van der Waals surface area contributed by atoms with E-state index in [4.69, 9.17) is 4.98 Å². The SMILES string of the molecule is Cc1c(-c2ccnc(N3CCc4ccccc43)n2)nnc2ncnn12. The summed E-state index contributed by atoms with van der Waals surface area (Å²) in [6.07, 6.45) is 4.21. The molecule has 1 aliphatic heterocycles. The van der Waals surface area contributed by atoms with Gasteiger partial charge in [0.25, 0.3) is 5.78 Å². The third-order valence-electron chi connectivity index (χ3n) is 4.44. The molecule has 0 saturated carbocycles. The number of hydrogen-bond donors (Lipinski definition) is 0. The number of aromatic nitrogens is 7. The summed E-state index contributed by atoms with van der Waals surface area (Å²) >= 11 is 0. The van der Waals surface area contributed by atoms with Crippen LogP contribution < -0.4 is 4.90 Å². The van der Waals surface area contributed by atoms with Gasteiger partial charge in [0.2, 0.25) is 5.95 Å². The zero-order valence-electron chi connectivity index (χ0n) is 13.5. The van der Waals surface area contributed by atoms with Crippen molar-refractivity contribution in [1.29, 1.82) is 0 Å². The van der Waals surface area contributed by atoms with Gasteiger partial charge in [-0.05, 0) is 31.0 Å².